The van der Waals surface area contributed by atoms with Crippen LogP contribution in [0.15, 0.2) is 18.3 Å². The lowest BCUT2D eigenvalue weighted by molar-refractivity contribution is 0.422. The van der Waals surface area contributed by atoms with Crippen molar-refractivity contribution in [3.05, 3.63) is 24.0 Å². The molecule has 2 atom stereocenters. The van der Waals surface area contributed by atoms with Gasteiger partial charge in [0.25, 0.3) is 0 Å². The van der Waals surface area contributed by atoms with Gasteiger partial charge in [-0.3, -0.25) is 4.98 Å². The van der Waals surface area contributed by atoms with Gasteiger partial charge in [0.1, 0.15) is 0 Å². The number of nitrogens with zero attached hydrogens (tertiary/aromatic N) is 2. The van der Waals surface area contributed by atoms with E-state index in [0.29, 0.717) is 6.04 Å². The second-order valence-corrected chi connectivity index (χ2v) is 5.93. The van der Waals surface area contributed by atoms with Crippen LogP contribution in [-0.4, -0.2) is 25.1 Å². The first-order valence-corrected chi connectivity index (χ1v) is 7.53. The van der Waals surface area contributed by atoms with E-state index in [2.05, 4.69) is 48.1 Å². The number of nitrogens with one attached hydrogen (secondary N) is 1. The summed E-state index contributed by atoms with van der Waals surface area (Å²) in [5.74, 6) is 1.62. The highest BCUT2D eigenvalue weighted by Gasteiger charge is 2.25. The highest BCUT2D eigenvalue weighted by molar-refractivity contribution is 5.45. The molecule has 1 fully saturated rings. The van der Waals surface area contributed by atoms with E-state index >= 15 is 0 Å². The molecule has 0 bridgehead atoms. The zero-order valence-corrected chi connectivity index (χ0v) is 12.7. The zero-order chi connectivity index (χ0) is 13.8. The maximum absolute atomic E-state index is 4.63. The van der Waals surface area contributed by atoms with Crippen molar-refractivity contribution < 1.29 is 0 Å². The maximum Gasteiger partial charge on any atom is 0.0574 e. The molecule has 2 rings (SSSR count). The van der Waals surface area contributed by atoms with E-state index in [-0.39, 0.29) is 0 Å². The third kappa shape index (κ3) is 3.27. The molecule has 2 unspecified atom stereocenters. The smallest absolute Gasteiger partial charge is 0.0574 e. The van der Waals surface area contributed by atoms with E-state index in [1.54, 1.807) is 0 Å². The van der Waals surface area contributed by atoms with Gasteiger partial charge in [-0.25, -0.2) is 0 Å². The first kappa shape index (κ1) is 14.3. The van der Waals surface area contributed by atoms with E-state index in [1.165, 1.54) is 25.2 Å². The minimum absolute atomic E-state index is 0.371. The summed E-state index contributed by atoms with van der Waals surface area (Å²) in [4.78, 5) is 7.10. The van der Waals surface area contributed by atoms with Crippen molar-refractivity contribution >= 4 is 5.69 Å². The second kappa shape index (κ2) is 6.38. The molecule has 1 aromatic rings. The van der Waals surface area contributed by atoms with Crippen molar-refractivity contribution in [2.45, 2.75) is 39.7 Å². The predicted octanol–water partition coefficient (Wildman–Crippen LogP) is 3.23. The number of anilines is 1. The van der Waals surface area contributed by atoms with Gasteiger partial charge in [0.15, 0.2) is 0 Å². The van der Waals surface area contributed by atoms with Gasteiger partial charge in [-0.2, -0.15) is 0 Å². The normalized spacial score (nSPS) is 21.1. The van der Waals surface area contributed by atoms with Crippen molar-refractivity contribution in [2.24, 2.45) is 11.8 Å². The van der Waals surface area contributed by atoms with Gasteiger partial charge >= 0.3 is 0 Å². The standard InChI is InChI=1S/C16H27N3/c1-5-15(17-4)16-7-6-14(10-18-16)19-9-8-13(11-19)12(2)3/h6-7,10,12-13,15,17H,5,8-9,11H2,1-4H3. The van der Waals surface area contributed by atoms with Crippen LogP contribution in [0.3, 0.4) is 0 Å². The van der Waals surface area contributed by atoms with E-state index < -0.39 is 0 Å². The van der Waals surface area contributed by atoms with Gasteiger partial charge in [0.05, 0.1) is 17.6 Å². The number of aromatic nitrogens is 1. The van der Waals surface area contributed by atoms with Crippen molar-refractivity contribution in [3.63, 3.8) is 0 Å². The third-order valence-corrected chi connectivity index (χ3v) is 4.42. The quantitative estimate of drug-likeness (QED) is 0.882. The number of pyridine rings is 1. The highest BCUT2D eigenvalue weighted by atomic mass is 15.2. The largest absolute Gasteiger partial charge is 0.370 e. The van der Waals surface area contributed by atoms with Gasteiger partial charge < -0.3 is 10.2 Å². The van der Waals surface area contributed by atoms with Crippen LogP contribution < -0.4 is 10.2 Å². The zero-order valence-electron chi connectivity index (χ0n) is 12.7. The summed E-state index contributed by atoms with van der Waals surface area (Å²) in [5, 5.41) is 3.30. The van der Waals surface area contributed by atoms with E-state index in [9.17, 15) is 0 Å². The Morgan fingerprint density at radius 3 is 2.68 bits per heavy atom. The molecule has 19 heavy (non-hydrogen) atoms. The molecule has 1 aromatic heterocycles. The summed E-state index contributed by atoms with van der Waals surface area (Å²) >= 11 is 0. The van der Waals surface area contributed by atoms with Crippen LogP contribution in [0, 0.1) is 11.8 Å². The molecule has 0 spiro atoms. The summed E-state index contributed by atoms with van der Waals surface area (Å²) in [5.41, 5.74) is 2.42. The summed E-state index contributed by atoms with van der Waals surface area (Å²) in [6.07, 6.45) is 4.42. The first-order chi connectivity index (χ1) is 9.15. The van der Waals surface area contributed by atoms with Crippen LogP contribution >= 0.6 is 0 Å². The Morgan fingerprint density at radius 2 is 2.21 bits per heavy atom. The summed E-state index contributed by atoms with van der Waals surface area (Å²) in [7, 11) is 2.00. The molecule has 106 valence electrons. The molecule has 0 aromatic carbocycles. The minimum Gasteiger partial charge on any atom is -0.370 e. The minimum atomic E-state index is 0.371. The number of rotatable bonds is 5. The molecule has 1 saturated heterocycles. The molecule has 3 heteroatoms. The Balaban J connectivity index is 2.03. The molecule has 0 radical (unpaired) electrons. The summed E-state index contributed by atoms with van der Waals surface area (Å²) in [6.45, 7) is 9.20. The molecule has 1 aliphatic heterocycles. The molecule has 0 saturated carbocycles. The first-order valence-electron chi connectivity index (χ1n) is 7.53. The van der Waals surface area contributed by atoms with Crippen molar-refractivity contribution in [1.82, 2.24) is 10.3 Å². The van der Waals surface area contributed by atoms with Gasteiger partial charge in [0, 0.05) is 19.1 Å². The molecular formula is C16H27N3. The second-order valence-electron chi connectivity index (χ2n) is 5.93. The molecule has 3 nitrogen and oxygen atoms in total. The van der Waals surface area contributed by atoms with Crippen LogP contribution in [0.25, 0.3) is 0 Å². The van der Waals surface area contributed by atoms with Gasteiger partial charge in [-0.05, 0) is 43.9 Å². The molecule has 0 aliphatic carbocycles. The molecule has 1 N–H and O–H groups in total. The fourth-order valence-corrected chi connectivity index (χ4v) is 2.92. The fraction of sp³-hybridized carbons (Fsp3) is 0.688. The molecular weight excluding hydrogens is 234 g/mol. The van der Waals surface area contributed by atoms with Gasteiger partial charge in [-0.1, -0.05) is 20.8 Å². The highest BCUT2D eigenvalue weighted by Crippen LogP contribution is 2.28. The van der Waals surface area contributed by atoms with E-state index in [4.69, 9.17) is 0 Å². The maximum atomic E-state index is 4.63. The van der Waals surface area contributed by atoms with E-state index in [0.717, 1.165) is 24.0 Å². The Kier molecular flexibility index (Phi) is 4.81. The predicted molar refractivity (Wildman–Crippen MR) is 81.5 cm³/mol. The fourth-order valence-electron chi connectivity index (χ4n) is 2.92. The third-order valence-electron chi connectivity index (χ3n) is 4.42. The van der Waals surface area contributed by atoms with Crippen LogP contribution in [-0.2, 0) is 0 Å². The lowest BCUT2D eigenvalue weighted by Gasteiger charge is -2.21. The molecule has 1 aliphatic rings. The van der Waals surface area contributed by atoms with Crippen molar-refractivity contribution in [1.29, 1.82) is 0 Å². The average Bonchev–Trinajstić information content (AvgIpc) is 2.91. The monoisotopic (exact) mass is 261 g/mol. The summed E-state index contributed by atoms with van der Waals surface area (Å²) in [6, 6.07) is 4.77. The summed E-state index contributed by atoms with van der Waals surface area (Å²) < 4.78 is 0. The van der Waals surface area contributed by atoms with Crippen LogP contribution in [0.5, 0.6) is 0 Å². The number of hydrogen-bond donors (Lipinski definition) is 1. The van der Waals surface area contributed by atoms with Gasteiger partial charge in [-0.15, -0.1) is 0 Å². The van der Waals surface area contributed by atoms with Gasteiger partial charge in [0.2, 0.25) is 0 Å². The Morgan fingerprint density at radius 1 is 1.42 bits per heavy atom. The Hall–Kier alpha value is -1.09. The lowest BCUT2D eigenvalue weighted by Crippen LogP contribution is -2.22. The van der Waals surface area contributed by atoms with E-state index in [1.807, 2.05) is 13.2 Å². The van der Waals surface area contributed by atoms with Crippen molar-refractivity contribution in [3.8, 4) is 0 Å². The average molecular weight is 261 g/mol. The Labute approximate surface area is 117 Å². The van der Waals surface area contributed by atoms with Crippen LogP contribution in [0.4, 0.5) is 5.69 Å². The number of hydrogen-bond acceptors (Lipinski definition) is 3. The van der Waals surface area contributed by atoms with Crippen molar-refractivity contribution in [2.75, 3.05) is 25.0 Å². The molecule has 0 amide bonds. The van der Waals surface area contributed by atoms with Crippen LogP contribution in [0.2, 0.25) is 0 Å². The topological polar surface area (TPSA) is 28.2 Å². The lowest BCUT2D eigenvalue weighted by atomic mass is 9.95. The SMILES string of the molecule is CCC(NC)c1ccc(N2CCC(C(C)C)C2)cn1. The Bertz CT molecular complexity index is 381. The van der Waals surface area contributed by atoms with Crippen LogP contribution in [0.1, 0.15) is 45.3 Å². The molecule has 2 heterocycles.